The van der Waals surface area contributed by atoms with E-state index in [1.165, 1.54) is 12.1 Å². The highest BCUT2D eigenvalue weighted by Gasteiger charge is 2.40. The van der Waals surface area contributed by atoms with Crippen molar-refractivity contribution in [1.82, 2.24) is 5.32 Å². The third kappa shape index (κ3) is 3.70. The number of hydrogen-bond acceptors (Lipinski definition) is 6. The first kappa shape index (κ1) is 18.0. The van der Waals surface area contributed by atoms with E-state index in [2.05, 4.69) is 10.5 Å². The molecule has 2 aliphatic rings. The summed E-state index contributed by atoms with van der Waals surface area (Å²) in [5, 5.41) is 7.40. The van der Waals surface area contributed by atoms with Crippen LogP contribution in [0.2, 0.25) is 0 Å². The van der Waals surface area contributed by atoms with Crippen LogP contribution in [0.5, 0.6) is 5.75 Å². The lowest BCUT2D eigenvalue weighted by atomic mass is 9.82. The van der Waals surface area contributed by atoms with Gasteiger partial charge in [-0.2, -0.15) is 8.42 Å². The van der Waals surface area contributed by atoms with Crippen LogP contribution in [0.15, 0.2) is 58.6 Å². The zero-order valence-electron chi connectivity index (χ0n) is 15.1. The number of aryl methyl sites for hydroxylation is 1. The normalized spacial score (nSPS) is 20.1. The van der Waals surface area contributed by atoms with E-state index >= 15 is 0 Å². The Kier molecular flexibility index (Phi) is 4.65. The Morgan fingerprint density at radius 2 is 1.78 bits per heavy atom. The summed E-state index contributed by atoms with van der Waals surface area (Å²) in [4.78, 5) is 0.0920. The zero-order valence-corrected chi connectivity index (χ0v) is 16.0. The van der Waals surface area contributed by atoms with Crippen molar-refractivity contribution in [3.63, 3.8) is 0 Å². The van der Waals surface area contributed by atoms with Gasteiger partial charge in [-0.3, -0.25) is 4.28 Å². The molecular weight excluding hydrogens is 364 g/mol. The number of hydrogen-bond donors (Lipinski definition) is 1. The monoisotopic (exact) mass is 386 g/mol. The molecule has 1 spiro atoms. The van der Waals surface area contributed by atoms with Crippen molar-refractivity contribution >= 4 is 15.8 Å². The predicted molar refractivity (Wildman–Crippen MR) is 103 cm³/mol. The highest BCUT2D eigenvalue weighted by molar-refractivity contribution is 7.86. The van der Waals surface area contributed by atoms with Crippen molar-refractivity contribution < 1.29 is 17.4 Å². The molecule has 27 heavy (non-hydrogen) atoms. The molecule has 7 heteroatoms. The number of ether oxygens (including phenoxy) is 1. The second-order valence-corrected chi connectivity index (χ2v) is 8.62. The van der Waals surface area contributed by atoms with Gasteiger partial charge >= 0.3 is 10.1 Å². The summed E-state index contributed by atoms with van der Waals surface area (Å²) in [7, 11) is -3.96. The van der Waals surface area contributed by atoms with Crippen LogP contribution in [0, 0.1) is 6.92 Å². The second-order valence-electron chi connectivity index (χ2n) is 7.09. The molecule has 0 unspecified atom stereocenters. The summed E-state index contributed by atoms with van der Waals surface area (Å²) in [6.07, 6.45) is 2.20. The van der Waals surface area contributed by atoms with E-state index in [1.54, 1.807) is 12.1 Å². The minimum atomic E-state index is -3.96. The maximum Gasteiger partial charge on any atom is 0.358 e. The Balaban J connectivity index is 1.65. The van der Waals surface area contributed by atoms with Gasteiger partial charge < -0.3 is 10.1 Å². The van der Waals surface area contributed by atoms with Crippen LogP contribution >= 0.6 is 0 Å². The standard InChI is InChI=1S/C20H22N2O4S/c1-15-6-8-16(9-7-15)27(23,24)26-22-18-14-20(10-12-21-13-11-20)25-19-5-3-2-4-17(18)19/h2-9,21H,10-14H2,1H3/b22-18+. The summed E-state index contributed by atoms with van der Waals surface area (Å²) < 4.78 is 36.4. The maximum absolute atomic E-state index is 12.5. The predicted octanol–water partition coefficient (Wildman–Crippen LogP) is 3.01. The van der Waals surface area contributed by atoms with E-state index in [4.69, 9.17) is 9.02 Å². The van der Waals surface area contributed by atoms with Crippen molar-refractivity contribution in [3.8, 4) is 5.75 Å². The van der Waals surface area contributed by atoms with E-state index in [-0.39, 0.29) is 10.5 Å². The van der Waals surface area contributed by atoms with Crippen molar-refractivity contribution in [3.05, 3.63) is 59.7 Å². The minimum Gasteiger partial charge on any atom is -0.486 e. The highest BCUT2D eigenvalue weighted by Crippen LogP contribution is 2.38. The van der Waals surface area contributed by atoms with Gasteiger partial charge in [0.25, 0.3) is 0 Å². The largest absolute Gasteiger partial charge is 0.486 e. The summed E-state index contributed by atoms with van der Waals surface area (Å²) in [5.74, 6) is 0.723. The van der Waals surface area contributed by atoms with Crippen molar-refractivity contribution in [2.45, 2.75) is 36.7 Å². The smallest absolute Gasteiger partial charge is 0.358 e. The molecule has 0 aromatic heterocycles. The number of rotatable bonds is 3. The van der Waals surface area contributed by atoms with Gasteiger partial charge in [-0.15, -0.1) is 0 Å². The molecule has 6 nitrogen and oxygen atoms in total. The number of benzene rings is 2. The van der Waals surface area contributed by atoms with Crippen LogP contribution in [0.4, 0.5) is 0 Å². The highest BCUT2D eigenvalue weighted by atomic mass is 32.2. The van der Waals surface area contributed by atoms with Crippen molar-refractivity contribution in [2.24, 2.45) is 5.16 Å². The molecule has 0 bridgehead atoms. The molecule has 0 atom stereocenters. The van der Waals surface area contributed by atoms with Gasteiger partial charge in [0.15, 0.2) is 0 Å². The topological polar surface area (TPSA) is 77.0 Å². The minimum absolute atomic E-state index is 0.0920. The number of nitrogens with zero attached hydrogens (tertiary/aromatic N) is 1. The molecule has 4 rings (SSSR count). The maximum atomic E-state index is 12.5. The SMILES string of the molecule is Cc1ccc(S(=O)(=O)O/N=C2\CC3(CCNCC3)Oc3ccccc32)cc1. The first-order chi connectivity index (χ1) is 13.0. The summed E-state index contributed by atoms with van der Waals surface area (Å²) in [6, 6.07) is 14.1. The first-order valence-electron chi connectivity index (χ1n) is 9.04. The molecule has 0 saturated carbocycles. The number of oxime groups is 1. The van der Waals surface area contributed by atoms with Gasteiger partial charge in [0.05, 0.1) is 5.71 Å². The number of nitrogens with one attached hydrogen (secondary N) is 1. The summed E-state index contributed by atoms with van der Waals surface area (Å²) in [6.45, 7) is 3.62. The molecule has 0 amide bonds. The van der Waals surface area contributed by atoms with Crippen molar-refractivity contribution in [1.29, 1.82) is 0 Å². The van der Waals surface area contributed by atoms with Crippen LogP contribution in [-0.4, -0.2) is 32.8 Å². The average molecular weight is 386 g/mol. The fourth-order valence-corrected chi connectivity index (χ4v) is 4.29. The quantitative estimate of drug-likeness (QED) is 0.821. The molecule has 0 radical (unpaired) electrons. The van der Waals surface area contributed by atoms with Gasteiger partial charge in [-0.25, -0.2) is 0 Å². The molecule has 2 aromatic carbocycles. The lowest BCUT2D eigenvalue weighted by molar-refractivity contribution is 0.0380. The lowest BCUT2D eigenvalue weighted by Gasteiger charge is -2.41. The van der Waals surface area contributed by atoms with Crippen LogP contribution in [0.25, 0.3) is 0 Å². The van der Waals surface area contributed by atoms with Gasteiger partial charge in [0.1, 0.15) is 16.2 Å². The van der Waals surface area contributed by atoms with Gasteiger partial charge in [-0.1, -0.05) is 35.0 Å². The first-order valence-corrected chi connectivity index (χ1v) is 10.4. The van der Waals surface area contributed by atoms with Crippen LogP contribution in [0.3, 0.4) is 0 Å². The number of piperidine rings is 1. The molecule has 2 aliphatic heterocycles. The molecule has 1 N–H and O–H groups in total. The second kappa shape index (κ2) is 6.98. The molecule has 2 heterocycles. The molecule has 0 aliphatic carbocycles. The van der Waals surface area contributed by atoms with Crippen LogP contribution in [0.1, 0.15) is 30.4 Å². The van der Waals surface area contributed by atoms with Gasteiger partial charge in [0, 0.05) is 24.8 Å². The number of fused-ring (bicyclic) bond motifs is 1. The lowest BCUT2D eigenvalue weighted by Crippen LogP contribution is -2.49. The Morgan fingerprint density at radius 3 is 2.52 bits per heavy atom. The molecule has 142 valence electrons. The van der Waals surface area contributed by atoms with E-state index in [0.29, 0.717) is 12.1 Å². The Labute approximate surface area is 159 Å². The third-order valence-electron chi connectivity index (χ3n) is 5.08. The van der Waals surface area contributed by atoms with Gasteiger partial charge in [0.2, 0.25) is 0 Å². The summed E-state index contributed by atoms with van der Waals surface area (Å²) in [5.41, 5.74) is 2.00. The third-order valence-corrected chi connectivity index (χ3v) is 6.20. The van der Waals surface area contributed by atoms with E-state index in [1.807, 2.05) is 31.2 Å². The fraction of sp³-hybridized carbons (Fsp3) is 0.350. The Morgan fingerprint density at radius 1 is 1.07 bits per heavy atom. The van der Waals surface area contributed by atoms with Crippen LogP contribution in [-0.2, 0) is 14.4 Å². The van der Waals surface area contributed by atoms with Crippen molar-refractivity contribution in [2.75, 3.05) is 13.1 Å². The molecule has 1 saturated heterocycles. The zero-order chi connectivity index (χ0) is 18.9. The van der Waals surface area contributed by atoms with E-state index < -0.39 is 10.1 Å². The Bertz CT molecular complexity index is 962. The molecule has 1 fully saturated rings. The van der Waals surface area contributed by atoms with Crippen LogP contribution < -0.4 is 10.1 Å². The van der Waals surface area contributed by atoms with E-state index in [9.17, 15) is 8.42 Å². The Hall–Kier alpha value is -2.38. The molecular formula is C20H22N2O4S. The van der Waals surface area contributed by atoms with Gasteiger partial charge in [-0.05, 0) is 44.3 Å². The fourth-order valence-electron chi connectivity index (χ4n) is 3.55. The molecule has 2 aromatic rings. The van der Waals surface area contributed by atoms with E-state index in [0.717, 1.165) is 42.8 Å². The summed E-state index contributed by atoms with van der Waals surface area (Å²) >= 11 is 0. The average Bonchev–Trinajstić information content (AvgIpc) is 2.67. The number of para-hydroxylation sites is 1.